The highest BCUT2D eigenvalue weighted by Crippen LogP contribution is 2.24. The van der Waals surface area contributed by atoms with Crippen molar-refractivity contribution in [2.24, 2.45) is 0 Å². The second-order valence-electron chi connectivity index (χ2n) is 3.78. The minimum Gasteiger partial charge on any atom is -0.504 e. The van der Waals surface area contributed by atoms with Gasteiger partial charge in [0, 0.05) is 18.5 Å². The lowest BCUT2D eigenvalue weighted by atomic mass is 10.2. The molecule has 17 heavy (non-hydrogen) atoms. The Hall–Kier alpha value is -1.59. The Morgan fingerprint density at radius 3 is 2.71 bits per heavy atom. The van der Waals surface area contributed by atoms with Crippen molar-refractivity contribution in [1.29, 1.82) is 0 Å². The third-order valence-corrected chi connectivity index (χ3v) is 3.16. The van der Waals surface area contributed by atoms with E-state index >= 15 is 0 Å². The van der Waals surface area contributed by atoms with Crippen LogP contribution in [-0.2, 0) is 13.1 Å². The zero-order valence-corrected chi connectivity index (χ0v) is 10.3. The van der Waals surface area contributed by atoms with Crippen LogP contribution in [0.15, 0.2) is 23.6 Å². The number of aromatic hydroxyl groups is 2. The van der Waals surface area contributed by atoms with Crippen LogP contribution < -0.4 is 5.32 Å². The fourth-order valence-electron chi connectivity index (χ4n) is 1.50. The molecule has 0 atom stereocenters. The van der Waals surface area contributed by atoms with E-state index in [1.54, 1.807) is 23.5 Å². The first kappa shape index (κ1) is 11.9. The normalized spacial score (nSPS) is 10.6. The molecule has 0 amide bonds. The topological polar surface area (TPSA) is 65.4 Å². The van der Waals surface area contributed by atoms with Crippen molar-refractivity contribution in [2.45, 2.75) is 20.0 Å². The molecule has 0 saturated carbocycles. The summed E-state index contributed by atoms with van der Waals surface area (Å²) in [6.45, 7) is 3.31. The van der Waals surface area contributed by atoms with Crippen molar-refractivity contribution in [3.05, 3.63) is 39.8 Å². The molecular formula is C12H14N2O2S. The fraction of sp³-hybridized carbons (Fsp3) is 0.250. The minimum absolute atomic E-state index is 0.0891. The van der Waals surface area contributed by atoms with Gasteiger partial charge < -0.3 is 15.5 Å². The first-order chi connectivity index (χ1) is 8.15. The molecule has 0 aliphatic carbocycles. The molecule has 0 fully saturated rings. The van der Waals surface area contributed by atoms with Gasteiger partial charge in [-0.2, -0.15) is 0 Å². The fourth-order valence-corrected chi connectivity index (χ4v) is 2.12. The van der Waals surface area contributed by atoms with Crippen molar-refractivity contribution in [2.75, 3.05) is 0 Å². The van der Waals surface area contributed by atoms with Crippen molar-refractivity contribution in [3.63, 3.8) is 0 Å². The van der Waals surface area contributed by atoms with E-state index in [-0.39, 0.29) is 11.5 Å². The van der Waals surface area contributed by atoms with Gasteiger partial charge in [0.2, 0.25) is 0 Å². The van der Waals surface area contributed by atoms with Crippen LogP contribution >= 0.6 is 11.3 Å². The van der Waals surface area contributed by atoms with Gasteiger partial charge in [-0.05, 0) is 24.6 Å². The number of phenols is 2. The van der Waals surface area contributed by atoms with E-state index in [0.29, 0.717) is 13.1 Å². The summed E-state index contributed by atoms with van der Waals surface area (Å²) in [7, 11) is 0. The standard InChI is InChI=1S/C12H14N2O2S/c1-8-14-10(7-17-8)6-13-5-9-2-3-11(15)12(16)4-9/h2-4,7,13,15-16H,5-6H2,1H3. The van der Waals surface area contributed by atoms with Crippen LogP contribution in [0.1, 0.15) is 16.3 Å². The van der Waals surface area contributed by atoms with E-state index in [9.17, 15) is 10.2 Å². The van der Waals surface area contributed by atoms with Crippen LogP contribution in [0, 0.1) is 6.92 Å². The smallest absolute Gasteiger partial charge is 0.157 e. The molecule has 0 saturated heterocycles. The zero-order valence-electron chi connectivity index (χ0n) is 9.47. The van der Waals surface area contributed by atoms with Crippen LogP contribution in [-0.4, -0.2) is 15.2 Å². The number of aromatic nitrogens is 1. The molecule has 0 unspecified atom stereocenters. The average Bonchev–Trinajstić information content (AvgIpc) is 2.70. The molecule has 0 aliphatic rings. The van der Waals surface area contributed by atoms with Crippen molar-refractivity contribution >= 4 is 11.3 Å². The maximum absolute atomic E-state index is 9.33. The molecule has 0 radical (unpaired) electrons. The summed E-state index contributed by atoms with van der Waals surface area (Å²) in [6.07, 6.45) is 0. The molecule has 5 heteroatoms. The van der Waals surface area contributed by atoms with Gasteiger partial charge >= 0.3 is 0 Å². The number of hydrogen-bond donors (Lipinski definition) is 3. The van der Waals surface area contributed by atoms with Gasteiger partial charge in [0.25, 0.3) is 0 Å². The quantitative estimate of drug-likeness (QED) is 0.727. The first-order valence-electron chi connectivity index (χ1n) is 5.28. The van der Waals surface area contributed by atoms with Gasteiger partial charge in [-0.3, -0.25) is 0 Å². The highest BCUT2D eigenvalue weighted by atomic mass is 32.1. The number of nitrogens with zero attached hydrogens (tertiary/aromatic N) is 1. The molecule has 4 nitrogen and oxygen atoms in total. The predicted octanol–water partition coefficient (Wildman–Crippen LogP) is 2.15. The number of thiazole rings is 1. The van der Waals surface area contributed by atoms with Crippen molar-refractivity contribution in [3.8, 4) is 11.5 Å². The molecule has 90 valence electrons. The Labute approximate surface area is 104 Å². The Kier molecular flexibility index (Phi) is 3.61. The molecule has 2 aromatic rings. The Morgan fingerprint density at radius 2 is 2.06 bits per heavy atom. The third-order valence-electron chi connectivity index (χ3n) is 2.34. The van der Waals surface area contributed by atoms with Gasteiger partial charge in [0.1, 0.15) is 0 Å². The van der Waals surface area contributed by atoms with E-state index in [1.807, 2.05) is 12.3 Å². The number of aryl methyl sites for hydroxylation is 1. The summed E-state index contributed by atoms with van der Waals surface area (Å²) in [5, 5.41) is 24.8. The summed E-state index contributed by atoms with van der Waals surface area (Å²) in [5.41, 5.74) is 1.95. The van der Waals surface area contributed by atoms with Crippen LogP contribution in [0.2, 0.25) is 0 Å². The van der Waals surface area contributed by atoms with Crippen molar-refractivity contribution < 1.29 is 10.2 Å². The maximum Gasteiger partial charge on any atom is 0.157 e. The SMILES string of the molecule is Cc1nc(CNCc2ccc(O)c(O)c2)cs1. The van der Waals surface area contributed by atoms with Gasteiger partial charge in [0.15, 0.2) is 11.5 Å². The van der Waals surface area contributed by atoms with E-state index in [2.05, 4.69) is 10.3 Å². The zero-order chi connectivity index (χ0) is 12.3. The van der Waals surface area contributed by atoms with Gasteiger partial charge in [-0.15, -0.1) is 11.3 Å². The molecule has 1 aromatic heterocycles. The Balaban J connectivity index is 1.87. The van der Waals surface area contributed by atoms with E-state index in [0.717, 1.165) is 16.3 Å². The average molecular weight is 250 g/mol. The van der Waals surface area contributed by atoms with Crippen LogP contribution in [0.5, 0.6) is 11.5 Å². The summed E-state index contributed by atoms with van der Waals surface area (Å²) < 4.78 is 0. The predicted molar refractivity (Wildman–Crippen MR) is 67.2 cm³/mol. The number of rotatable bonds is 4. The second-order valence-corrected chi connectivity index (χ2v) is 4.85. The second kappa shape index (κ2) is 5.16. The molecule has 3 N–H and O–H groups in total. The molecule has 1 heterocycles. The van der Waals surface area contributed by atoms with E-state index in [4.69, 9.17) is 0 Å². The molecule has 0 spiro atoms. The Bertz CT molecular complexity index is 511. The number of phenolic OH excluding ortho intramolecular Hbond substituents is 2. The lowest BCUT2D eigenvalue weighted by Gasteiger charge is -2.04. The van der Waals surface area contributed by atoms with E-state index < -0.39 is 0 Å². The maximum atomic E-state index is 9.33. The highest BCUT2D eigenvalue weighted by Gasteiger charge is 2.01. The van der Waals surface area contributed by atoms with Crippen LogP contribution in [0.25, 0.3) is 0 Å². The van der Waals surface area contributed by atoms with Gasteiger partial charge in [0.05, 0.1) is 10.7 Å². The summed E-state index contributed by atoms with van der Waals surface area (Å²) in [5.74, 6) is -0.183. The largest absolute Gasteiger partial charge is 0.504 e. The first-order valence-corrected chi connectivity index (χ1v) is 6.15. The summed E-state index contributed by atoms with van der Waals surface area (Å²) in [4.78, 5) is 4.34. The lowest BCUT2D eigenvalue weighted by molar-refractivity contribution is 0.403. The van der Waals surface area contributed by atoms with Crippen molar-refractivity contribution in [1.82, 2.24) is 10.3 Å². The monoisotopic (exact) mass is 250 g/mol. The Morgan fingerprint density at radius 1 is 1.24 bits per heavy atom. The molecular weight excluding hydrogens is 236 g/mol. The van der Waals surface area contributed by atoms with Crippen LogP contribution in [0.3, 0.4) is 0 Å². The molecule has 2 rings (SSSR count). The summed E-state index contributed by atoms with van der Waals surface area (Å²) in [6, 6.07) is 4.81. The van der Waals surface area contributed by atoms with Gasteiger partial charge in [-0.1, -0.05) is 6.07 Å². The highest BCUT2D eigenvalue weighted by molar-refractivity contribution is 7.09. The number of benzene rings is 1. The lowest BCUT2D eigenvalue weighted by Crippen LogP contribution is -2.12. The minimum atomic E-state index is -0.0936. The number of hydrogen-bond acceptors (Lipinski definition) is 5. The molecule has 0 bridgehead atoms. The molecule has 0 aliphatic heterocycles. The molecule has 1 aromatic carbocycles. The van der Waals surface area contributed by atoms with Crippen LogP contribution in [0.4, 0.5) is 0 Å². The summed E-state index contributed by atoms with van der Waals surface area (Å²) >= 11 is 1.63. The number of nitrogens with one attached hydrogen (secondary N) is 1. The third kappa shape index (κ3) is 3.18. The van der Waals surface area contributed by atoms with E-state index in [1.165, 1.54) is 6.07 Å². The van der Waals surface area contributed by atoms with Gasteiger partial charge in [-0.25, -0.2) is 4.98 Å².